The van der Waals surface area contributed by atoms with E-state index in [0.717, 1.165) is 5.56 Å². The highest BCUT2D eigenvalue weighted by atomic mass is 16.3. The van der Waals surface area contributed by atoms with Crippen molar-refractivity contribution in [1.82, 2.24) is 25.6 Å². The van der Waals surface area contributed by atoms with Crippen LogP contribution in [-0.4, -0.2) is 69.3 Å². The van der Waals surface area contributed by atoms with Gasteiger partial charge in [0.2, 0.25) is 5.91 Å². The van der Waals surface area contributed by atoms with Gasteiger partial charge in [-0.15, -0.1) is 0 Å². The van der Waals surface area contributed by atoms with Crippen molar-refractivity contribution in [3.8, 4) is 11.4 Å². The minimum absolute atomic E-state index is 0.127. The van der Waals surface area contributed by atoms with Crippen LogP contribution in [0.5, 0.6) is 0 Å². The van der Waals surface area contributed by atoms with Crippen molar-refractivity contribution in [2.24, 2.45) is 0 Å². The van der Waals surface area contributed by atoms with Crippen LogP contribution in [0.15, 0.2) is 36.4 Å². The summed E-state index contributed by atoms with van der Waals surface area (Å²) in [6.07, 6.45) is 0. The van der Waals surface area contributed by atoms with Gasteiger partial charge in [-0.1, -0.05) is 30.3 Å². The Morgan fingerprint density at radius 3 is 2.50 bits per heavy atom. The molecule has 0 aliphatic carbocycles. The van der Waals surface area contributed by atoms with Crippen molar-refractivity contribution in [2.45, 2.75) is 13.0 Å². The molecule has 10 heteroatoms. The number of rotatable bonds is 9. The van der Waals surface area contributed by atoms with Gasteiger partial charge >= 0.3 is 0 Å². The molecular formula is C20H24N6O4. The van der Waals surface area contributed by atoms with E-state index in [1.54, 1.807) is 6.07 Å². The largest absolute Gasteiger partial charge is 0.394 e. The van der Waals surface area contributed by atoms with E-state index in [9.17, 15) is 19.8 Å². The lowest BCUT2D eigenvalue weighted by Crippen LogP contribution is -2.40. The number of benzene rings is 1. The van der Waals surface area contributed by atoms with E-state index in [1.807, 2.05) is 30.3 Å². The van der Waals surface area contributed by atoms with E-state index >= 15 is 0 Å². The number of amides is 2. The summed E-state index contributed by atoms with van der Waals surface area (Å²) in [5.41, 5.74) is 1.49. The molecule has 0 radical (unpaired) electrons. The number of H-pyrrole nitrogens is 1. The number of aromatic nitrogens is 3. The fraction of sp³-hybridized carbons (Fsp3) is 0.300. The molecule has 2 heterocycles. The van der Waals surface area contributed by atoms with Crippen LogP contribution in [0.3, 0.4) is 0 Å². The van der Waals surface area contributed by atoms with Crippen LogP contribution in [0.25, 0.3) is 22.4 Å². The second kappa shape index (κ2) is 9.81. The molecule has 0 aliphatic heterocycles. The quantitative estimate of drug-likeness (QED) is 0.276. The second-order valence-corrected chi connectivity index (χ2v) is 6.65. The van der Waals surface area contributed by atoms with Gasteiger partial charge in [0.25, 0.3) is 5.91 Å². The molecule has 158 valence electrons. The van der Waals surface area contributed by atoms with E-state index < -0.39 is 11.9 Å². The van der Waals surface area contributed by atoms with Crippen LogP contribution in [0.1, 0.15) is 17.4 Å². The highest BCUT2D eigenvalue weighted by Crippen LogP contribution is 2.25. The molecule has 3 aromatic rings. The molecule has 0 bridgehead atoms. The first kappa shape index (κ1) is 21.2. The number of carbonyl (C=O) groups excluding carboxylic acids is 2. The first-order valence-electron chi connectivity index (χ1n) is 9.49. The Hall–Kier alpha value is -3.50. The van der Waals surface area contributed by atoms with Gasteiger partial charge in [-0.3, -0.25) is 9.59 Å². The Morgan fingerprint density at radius 2 is 1.83 bits per heavy atom. The number of anilines is 1. The predicted molar refractivity (Wildman–Crippen MR) is 112 cm³/mol. The zero-order valence-corrected chi connectivity index (χ0v) is 16.5. The van der Waals surface area contributed by atoms with Crippen LogP contribution in [0.4, 0.5) is 5.82 Å². The predicted octanol–water partition coefficient (Wildman–Crippen LogP) is 0.256. The van der Waals surface area contributed by atoms with Gasteiger partial charge in [0.15, 0.2) is 5.82 Å². The van der Waals surface area contributed by atoms with Gasteiger partial charge in [-0.25, -0.2) is 9.97 Å². The smallest absolute Gasteiger partial charge is 0.268 e. The number of fused-ring (bicyclic) bond motifs is 1. The Morgan fingerprint density at radius 1 is 1.10 bits per heavy atom. The van der Waals surface area contributed by atoms with Crippen LogP contribution < -0.4 is 16.0 Å². The molecule has 2 aromatic heterocycles. The standard InChI is InChI=1S/C20H24N6O4/c1-12(29)21-7-8-22-18-15-9-16(20(30)23-14(10-27)11-28)24-19(15)26-17(25-18)13-5-3-2-4-6-13/h2-6,9,14,27-28H,7-8,10-11H2,1H3,(H,21,29)(H,23,30)(H2,22,24,25,26). The molecule has 30 heavy (non-hydrogen) atoms. The fourth-order valence-corrected chi connectivity index (χ4v) is 2.81. The van der Waals surface area contributed by atoms with Gasteiger partial charge in [0.05, 0.1) is 24.6 Å². The first-order valence-corrected chi connectivity index (χ1v) is 9.49. The number of nitrogens with one attached hydrogen (secondary N) is 4. The summed E-state index contributed by atoms with van der Waals surface area (Å²) in [6.45, 7) is 1.53. The molecule has 2 amide bonds. The maximum absolute atomic E-state index is 12.5. The number of aliphatic hydroxyl groups is 2. The summed E-state index contributed by atoms with van der Waals surface area (Å²) < 4.78 is 0. The van der Waals surface area contributed by atoms with Gasteiger partial charge in [-0.05, 0) is 6.07 Å². The fourth-order valence-electron chi connectivity index (χ4n) is 2.81. The Balaban J connectivity index is 1.94. The SMILES string of the molecule is CC(=O)NCCNc1nc(-c2ccccc2)nc2[nH]c(C(=O)NC(CO)CO)cc12. The van der Waals surface area contributed by atoms with Crippen molar-refractivity contribution in [3.63, 3.8) is 0 Å². The highest BCUT2D eigenvalue weighted by Gasteiger charge is 2.18. The topological polar surface area (TPSA) is 152 Å². The Bertz CT molecular complexity index is 1020. The lowest BCUT2D eigenvalue weighted by molar-refractivity contribution is -0.118. The molecular weight excluding hydrogens is 388 g/mol. The van der Waals surface area contributed by atoms with E-state index in [-0.39, 0.29) is 24.8 Å². The first-order chi connectivity index (χ1) is 14.5. The van der Waals surface area contributed by atoms with Gasteiger partial charge in [-0.2, -0.15) is 0 Å². The third-order valence-corrected chi connectivity index (χ3v) is 4.33. The van der Waals surface area contributed by atoms with Crippen molar-refractivity contribution in [3.05, 3.63) is 42.1 Å². The third kappa shape index (κ3) is 5.10. The number of hydrogen-bond donors (Lipinski definition) is 6. The van der Waals surface area contributed by atoms with Crippen molar-refractivity contribution in [2.75, 3.05) is 31.6 Å². The molecule has 0 atom stereocenters. The normalized spacial score (nSPS) is 10.9. The monoisotopic (exact) mass is 412 g/mol. The number of carbonyl (C=O) groups is 2. The molecule has 0 spiro atoms. The van der Waals surface area contributed by atoms with Crippen LogP contribution in [0, 0.1) is 0 Å². The third-order valence-electron chi connectivity index (χ3n) is 4.33. The molecule has 0 saturated heterocycles. The van der Waals surface area contributed by atoms with Crippen molar-refractivity contribution in [1.29, 1.82) is 0 Å². The summed E-state index contributed by atoms with van der Waals surface area (Å²) in [4.78, 5) is 35.6. The zero-order valence-electron chi connectivity index (χ0n) is 16.5. The van der Waals surface area contributed by atoms with E-state index in [0.29, 0.717) is 35.8 Å². The lowest BCUT2D eigenvalue weighted by Gasteiger charge is -2.11. The lowest BCUT2D eigenvalue weighted by atomic mass is 10.2. The molecule has 1 aromatic carbocycles. The van der Waals surface area contributed by atoms with Crippen molar-refractivity contribution < 1.29 is 19.8 Å². The number of hydrogen-bond acceptors (Lipinski definition) is 7. The molecule has 10 nitrogen and oxygen atoms in total. The zero-order chi connectivity index (χ0) is 21.5. The van der Waals surface area contributed by atoms with Crippen LogP contribution >= 0.6 is 0 Å². The van der Waals surface area contributed by atoms with E-state index in [2.05, 4.69) is 30.9 Å². The summed E-state index contributed by atoms with van der Waals surface area (Å²) in [5.74, 6) is 0.381. The van der Waals surface area contributed by atoms with Gasteiger partial charge in [0, 0.05) is 25.6 Å². The Labute approximate surface area is 172 Å². The number of aromatic amines is 1. The highest BCUT2D eigenvalue weighted by molar-refractivity contribution is 6.00. The van der Waals surface area contributed by atoms with E-state index in [4.69, 9.17) is 0 Å². The average Bonchev–Trinajstić information content (AvgIpc) is 3.20. The van der Waals surface area contributed by atoms with Gasteiger partial charge < -0.3 is 31.1 Å². The molecule has 0 unspecified atom stereocenters. The minimum atomic E-state index is -0.759. The van der Waals surface area contributed by atoms with Crippen LogP contribution in [-0.2, 0) is 4.79 Å². The summed E-state index contributed by atoms with van der Waals surface area (Å²) in [7, 11) is 0. The Kier molecular flexibility index (Phi) is 6.94. The molecule has 6 N–H and O–H groups in total. The van der Waals surface area contributed by atoms with Gasteiger partial charge in [0.1, 0.15) is 17.2 Å². The molecule has 0 saturated carbocycles. The summed E-state index contributed by atoms with van der Waals surface area (Å²) >= 11 is 0. The van der Waals surface area contributed by atoms with E-state index in [1.165, 1.54) is 6.92 Å². The molecule has 3 rings (SSSR count). The number of nitrogens with zero attached hydrogens (tertiary/aromatic N) is 2. The molecule has 0 fully saturated rings. The summed E-state index contributed by atoms with van der Waals surface area (Å²) in [6, 6.07) is 10.3. The maximum Gasteiger partial charge on any atom is 0.268 e. The van der Waals surface area contributed by atoms with Crippen molar-refractivity contribution >= 4 is 28.7 Å². The molecule has 0 aliphatic rings. The minimum Gasteiger partial charge on any atom is -0.394 e. The van der Waals surface area contributed by atoms with Crippen LogP contribution in [0.2, 0.25) is 0 Å². The second-order valence-electron chi connectivity index (χ2n) is 6.65. The number of aliphatic hydroxyl groups excluding tert-OH is 2. The maximum atomic E-state index is 12.5. The summed E-state index contributed by atoms with van der Waals surface area (Å²) in [5, 5.41) is 27.4. The average molecular weight is 412 g/mol.